The molecule has 0 saturated heterocycles. The summed E-state index contributed by atoms with van der Waals surface area (Å²) in [7, 11) is 0. The van der Waals surface area contributed by atoms with E-state index in [2.05, 4.69) is 15.1 Å². The second-order valence-electron chi connectivity index (χ2n) is 7.78. The van der Waals surface area contributed by atoms with Crippen molar-refractivity contribution in [1.29, 1.82) is 0 Å². The lowest BCUT2D eigenvalue weighted by atomic mass is 10.1. The number of nitrogens with zero attached hydrogens (tertiary/aromatic N) is 5. The molecule has 0 spiro atoms. The predicted molar refractivity (Wildman–Crippen MR) is 125 cm³/mol. The molecule has 0 amide bonds. The molecule has 4 rings (SSSR count). The van der Waals surface area contributed by atoms with E-state index in [1.807, 2.05) is 0 Å². The van der Waals surface area contributed by atoms with Gasteiger partial charge >= 0.3 is 11.9 Å². The Bertz CT molecular complexity index is 1470. The molecule has 0 bridgehead atoms. The summed E-state index contributed by atoms with van der Waals surface area (Å²) < 4.78 is 53.7. The fourth-order valence-corrected chi connectivity index (χ4v) is 3.79. The fourth-order valence-electron chi connectivity index (χ4n) is 3.56. The minimum Gasteiger partial charge on any atom is -0.480 e. The molecular formula is C23H21ClF3N5O4. The molecule has 0 saturated carbocycles. The number of ether oxygens (including phenoxy) is 2. The van der Waals surface area contributed by atoms with Crippen molar-refractivity contribution in [2.45, 2.75) is 46.2 Å². The highest BCUT2D eigenvalue weighted by atomic mass is 35.5. The van der Waals surface area contributed by atoms with Crippen LogP contribution in [0.4, 0.5) is 13.2 Å². The normalized spacial score (nSPS) is 12.7. The molecule has 1 atom stereocenters. The summed E-state index contributed by atoms with van der Waals surface area (Å²) >= 11 is 6.24. The van der Waals surface area contributed by atoms with Crippen LogP contribution < -0.4 is 15.2 Å². The minimum absolute atomic E-state index is 0.0658. The average Bonchev–Trinajstić information content (AvgIpc) is 3.16. The summed E-state index contributed by atoms with van der Waals surface area (Å²) in [4.78, 5) is 21.2. The van der Waals surface area contributed by atoms with Crippen LogP contribution in [0.1, 0.15) is 25.4 Å². The van der Waals surface area contributed by atoms with Crippen LogP contribution in [0.3, 0.4) is 0 Å². The summed E-state index contributed by atoms with van der Waals surface area (Å²) in [6.07, 6.45) is -3.98. The molecule has 13 heteroatoms. The first-order chi connectivity index (χ1) is 17.0. The van der Waals surface area contributed by atoms with Crippen LogP contribution in [0.25, 0.3) is 16.5 Å². The Morgan fingerprint density at radius 1 is 1.19 bits per heavy atom. The van der Waals surface area contributed by atoms with Gasteiger partial charge in [0.05, 0.1) is 21.8 Å². The molecule has 3 aromatic heterocycles. The highest BCUT2D eigenvalue weighted by Gasteiger charge is 2.38. The lowest BCUT2D eigenvalue weighted by molar-refractivity contribution is -0.189. The van der Waals surface area contributed by atoms with E-state index in [9.17, 15) is 23.1 Å². The molecule has 1 N–H and O–H groups in total. The Morgan fingerprint density at radius 2 is 1.92 bits per heavy atom. The van der Waals surface area contributed by atoms with E-state index in [1.165, 1.54) is 41.2 Å². The van der Waals surface area contributed by atoms with Crippen molar-refractivity contribution in [3.8, 4) is 23.1 Å². The minimum atomic E-state index is -4.67. The number of alkyl halides is 3. The number of hydrogen-bond donors (Lipinski definition) is 1. The third kappa shape index (κ3) is 4.73. The topological polar surface area (TPSA) is 104 Å². The lowest BCUT2D eigenvalue weighted by Gasteiger charge is -2.20. The molecule has 9 nitrogen and oxygen atoms in total. The maximum atomic E-state index is 13.4. The first kappa shape index (κ1) is 25.5. The van der Waals surface area contributed by atoms with Gasteiger partial charge in [-0.2, -0.15) is 17.9 Å². The summed E-state index contributed by atoms with van der Waals surface area (Å²) in [6.45, 7) is 3.96. The number of rotatable bonds is 7. The van der Waals surface area contributed by atoms with Crippen molar-refractivity contribution in [2.24, 2.45) is 0 Å². The zero-order valence-corrected chi connectivity index (χ0v) is 20.1. The maximum Gasteiger partial charge on any atom is 0.425 e. The zero-order chi connectivity index (χ0) is 26.2. The van der Waals surface area contributed by atoms with E-state index >= 15 is 0 Å². The number of aliphatic hydroxyl groups is 1. The van der Waals surface area contributed by atoms with Gasteiger partial charge in [-0.1, -0.05) is 11.6 Å². The third-order valence-corrected chi connectivity index (χ3v) is 5.71. The second kappa shape index (κ2) is 9.78. The van der Waals surface area contributed by atoms with Gasteiger partial charge in [0, 0.05) is 25.0 Å². The number of benzene rings is 1. The largest absolute Gasteiger partial charge is 0.480 e. The van der Waals surface area contributed by atoms with Gasteiger partial charge in [0.2, 0.25) is 5.88 Å². The Balaban J connectivity index is 1.95. The van der Waals surface area contributed by atoms with E-state index in [0.717, 1.165) is 11.6 Å². The standard InChI is InChI=1S/C23H21ClF3N5O4/c1-4-31-18(11-33)30-32(22(31)34)15-9-14-5-7-29-21(36-20-12(2)28-8-6-16(20)24)19(14)17(10-15)35-13(3)23(25,26)27/h5-10,13,33H,4,11H2,1-3H3. The van der Waals surface area contributed by atoms with Gasteiger partial charge in [0.15, 0.2) is 17.7 Å². The van der Waals surface area contributed by atoms with Crippen LogP contribution in [0.15, 0.2) is 41.5 Å². The van der Waals surface area contributed by atoms with Crippen LogP contribution in [-0.4, -0.2) is 41.7 Å². The predicted octanol–water partition coefficient (Wildman–Crippen LogP) is 4.57. The molecule has 0 aliphatic carbocycles. The van der Waals surface area contributed by atoms with Crippen LogP contribution in [0.5, 0.6) is 17.4 Å². The molecule has 0 aliphatic rings. The monoisotopic (exact) mass is 523 g/mol. The van der Waals surface area contributed by atoms with Crippen LogP contribution in [0, 0.1) is 6.92 Å². The van der Waals surface area contributed by atoms with E-state index in [1.54, 1.807) is 13.8 Å². The number of aromatic nitrogens is 5. The van der Waals surface area contributed by atoms with E-state index < -0.39 is 24.6 Å². The van der Waals surface area contributed by atoms with Gasteiger partial charge in [-0.25, -0.2) is 9.78 Å². The van der Waals surface area contributed by atoms with Gasteiger partial charge < -0.3 is 14.6 Å². The number of hydrogen-bond acceptors (Lipinski definition) is 7. The van der Waals surface area contributed by atoms with Crippen molar-refractivity contribution < 1.29 is 27.8 Å². The van der Waals surface area contributed by atoms with Gasteiger partial charge in [0.1, 0.15) is 12.4 Å². The Morgan fingerprint density at radius 3 is 2.53 bits per heavy atom. The van der Waals surface area contributed by atoms with Crippen molar-refractivity contribution in [1.82, 2.24) is 24.3 Å². The molecule has 1 unspecified atom stereocenters. The Labute approximate surface area is 207 Å². The van der Waals surface area contributed by atoms with Gasteiger partial charge in [0.25, 0.3) is 0 Å². The molecule has 36 heavy (non-hydrogen) atoms. The van der Waals surface area contributed by atoms with Crippen molar-refractivity contribution >= 4 is 22.4 Å². The summed E-state index contributed by atoms with van der Waals surface area (Å²) in [5.74, 6) is -0.0155. The van der Waals surface area contributed by atoms with Crippen LogP contribution >= 0.6 is 11.6 Å². The van der Waals surface area contributed by atoms with Crippen molar-refractivity contribution in [3.05, 3.63) is 63.7 Å². The summed E-state index contributed by atoms with van der Waals surface area (Å²) in [5.41, 5.74) is 0.00257. The lowest BCUT2D eigenvalue weighted by Crippen LogP contribution is -2.31. The van der Waals surface area contributed by atoms with E-state index in [4.69, 9.17) is 21.1 Å². The first-order valence-electron chi connectivity index (χ1n) is 10.8. The average molecular weight is 524 g/mol. The Hall–Kier alpha value is -3.64. The number of aliphatic hydroxyl groups excluding tert-OH is 1. The smallest absolute Gasteiger partial charge is 0.425 e. The van der Waals surface area contributed by atoms with Crippen molar-refractivity contribution in [3.63, 3.8) is 0 Å². The van der Waals surface area contributed by atoms with E-state index in [0.29, 0.717) is 11.1 Å². The highest BCUT2D eigenvalue weighted by Crippen LogP contribution is 2.40. The quantitative estimate of drug-likeness (QED) is 0.378. The van der Waals surface area contributed by atoms with Crippen LogP contribution in [-0.2, 0) is 13.2 Å². The van der Waals surface area contributed by atoms with E-state index in [-0.39, 0.29) is 45.8 Å². The summed E-state index contributed by atoms with van der Waals surface area (Å²) in [5, 5.41) is 14.4. The first-order valence-corrected chi connectivity index (χ1v) is 11.2. The molecular weight excluding hydrogens is 503 g/mol. The van der Waals surface area contributed by atoms with Gasteiger partial charge in [-0.3, -0.25) is 9.55 Å². The second-order valence-corrected chi connectivity index (χ2v) is 8.19. The highest BCUT2D eigenvalue weighted by molar-refractivity contribution is 6.32. The molecule has 0 fully saturated rings. The van der Waals surface area contributed by atoms with Gasteiger partial charge in [-0.15, -0.1) is 5.10 Å². The molecule has 190 valence electrons. The molecule has 4 aromatic rings. The number of pyridine rings is 2. The zero-order valence-electron chi connectivity index (χ0n) is 19.4. The van der Waals surface area contributed by atoms with Gasteiger partial charge in [-0.05, 0) is 44.4 Å². The van der Waals surface area contributed by atoms with Crippen LogP contribution in [0.2, 0.25) is 5.02 Å². The Kier molecular flexibility index (Phi) is 6.92. The summed E-state index contributed by atoms with van der Waals surface area (Å²) in [6, 6.07) is 5.81. The SMILES string of the molecule is CCn1c(CO)nn(-c2cc(OC(C)C(F)(F)F)c3c(Oc4c(Cl)ccnc4C)nccc3c2)c1=O. The third-order valence-electron chi connectivity index (χ3n) is 5.42. The molecule has 0 aliphatic heterocycles. The molecule has 0 radical (unpaired) electrons. The number of fused-ring (bicyclic) bond motifs is 1. The molecule has 3 heterocycles. The fraction of sp³-hybridized carbons (Fsp3) is 0.304. The van der Waals surface area contributed by atoms with Crippen molar-refractivity contribution in [2.75, 3.05) is 0 Å². The maximum absolute atomic E-state index is 13.4. The number of aryl methyl sites for hydroxylation is 1. The molecule has 1 aromatic carbocycles. The number of halogens is 4.